The van der Waals surface area contributed by atoms with E-state index in [0.717, 1.165) is 16.8 Å². The maximum atomic E-state index is 11.9. The van der Waals surface area contributed by atoms with Crippen LogP contribution in [0.15, 0.2) is 22.2 Å². The summed E-state index contributed by atoms with van der Waals surface area (Å²) in [5.74, 6) is 1.03. The molecular weight excluding hydrogens is 300 g/mol. The Kier molecular flexibility index (Phi) is 4.11. The fraction of sp³-hybridized carbons (Fsp3) is 0.333. The average molecular weight is 314 g/mol. The van der Waals surface area contributed by atoms with Gasteiger partial charge in [0.2, 0.25) is 5.88 Å². The monoisotopic (exact) mass is 314 g/mol. The molecule has 0 aromatic carbocycles. The smallest absolute Gasteiger partial charge is 0.258 e. The summed E-state index contributed by atoms with van der Waals surface area (Å²) in [6.07, 6.45) is 2.59. The number of nitriles is 1. The van der Waals surface area contributed by atoms with E-state index in [1.165, 1.54) is 11.8 Å². The van der Waals surface area contributed by atoms with Crippen molar-refractivity contribution in [3.05, 3.63) is 45.0 Å². The van der Waals surface area contributed by atoms with Gasteiger partial charge in [-0.1, -0.05) is 11.8 Å². The van der Waals surface area contributed by atoms with E-state index in [1.807, 2.05) is 13.0 Å². The van der Waals surface area contributed by atoms with Crippen LogP contribution in [0.1, 0.15) is 22.4 Å². The Morgan fingerprint density at radius 3 is 3.23 bits per heavy atom. The molecule has 0 spiro atoms. The van der Waals surface area contributed by atoms with Gasteiger partial charge in [0.1, 0.15) is 0 Å². The van der Waals surface area contributed by atoms with Gasteiger partial charge in [0, 0.05) is 18.4 Å². The van der Waals surface area contributed by atoms with E-state index in [9.17, 15) is 4.79 Å². The molecule has 0 radical (unpaired) electrons. The molecule has 0 saturated carbocycles. The minimum Gasteiger partial charge on any atom is -0.477 e. The van der Waals surface area contributed by atoms with Crippen molar-refractivity contribution in [1.29, 1.82) is 5.26 Å². The summed E-state index contributed by atoms with van der Waals surface area (Å²) in [5.41, 5.74) is 3.35. The number of hydrogen-bond donors (Lipinski definition) is 1. The Balaban J connectivity index is 1.83. The van der Waals surface area contributed by atoms with Crippen LogP contribution in [0.3, 0.4) is 0 Å². The van der Waals surface area contributed by atoms with Crippen molar-refractivity contribution in [1.82, 2.24) is 15.0 Å². The topological polar surface area (TPSA) is 91.7 Å². The molecule has 112 valence electrons. The highest BCUT2D eigenvalue weighted by atomic mass is 32.2. The quantitative estimate of drug-likeness (QED) is 0.683. The first-order chi connectivity index (χ1) is 10.7. The van der Waals surface area contributed by atoms with Crippen LogP contribution < -0.4 is 10.3 Å². The average Bonchev–Trinajstić information content (AvgIpc) is 2.96. The lowest BCUT2D eigenvalue weighted by molar-refractivity contribution is 0.342. The van der Waals surface area contributed by atoms with Gasteiger partial charge in [0.05, 0.1) is 30.4 Å². The Bertz CT molecular complexity index is 810. The molecule has 2 aromatic heterocycles. The van der Waals surface area contributed by atoms with E-state index in [0.29, 0.717) is 35.4 Å². The van der Waals surface area contributed by atoms with Crippen LogP contribution in [0, 0.1) is 18.3 Å². The summed E-state index contributed by atoms with van der Waals surface area (Å²) in [6, 6.07) is 4.04. The minimum atomic E-state index is -0.134. The number of ether oxygens (including phenoxy) is 1. The lowest BCUT2D eigenvalue weighted by Crippen LogP contribution is -2.12. The largest absolute Gasteiger partial charge is 0.477 e. The van der Waals surface area contributed by atoms with Gasteiger partial charge < -0.3 is 9.72 Å². The van der Waals surface area contributed by atoms with Crippen molar-refractivity contribution in [3.63, 3.8) is 0 Å². The summed E-state index contributed by atoms with van der Waals surface area (Å²) in [6.45, 7) is 2.49. The molecule has 0 unspecified atom stereocenters. The van der Waals surface area contributed by atoms with Gasteiger partial charge in [-0.25, -0.2) is 0 Å². The van der Waals surface area contributed by atoms with Crippen molar-refractivity contribution in [2.75, 3.05) is 6.61 Å². The molecule has 1 aliphatic rings. The zero-order valence-corrected chi connectivity index (χ0v) is 12.9. The number of aromatic amines is 1. The molecule has 0 amide bonds. The molecule has 0 atom stereocenters. The van der Waals surface area contributed by atoms with Crippen molar-refractivity contribution < 1.29 is 4.74 Å². The lowest BCUT2D eigenvalue weighted by atomic mass is 10.1. The molecule has 2 aromatic rings. The molecular formula is C15H14N4O2S. The van der Waals surface area contributed by atoms with Crippen LogP contribution in [0.2, 0.25) is 0 Å². The lowest BCUT2D eigenvalue weighted by Gasteiger charge is -2.09. The number of nitrogens with zero attached hydrogens (tertiary/aromatic N) is 3. The molecule has 22 heavy (non-hydrogen) atoms. The standard InChI is InChI=1S/C15H14N4O2S/c1-9-3-6-17-12(2-5-16)11(9)8-22-15-18-13(20)10-4-7-21-14(10)19-15/h3,6H,2,4,7-8H2,1H3,(H,18,19,20). The third-order valence-corrected chi connectivity index (χ3v) is 4.43. The van der Waals surface area contributed by atoms with Gasteiger partial charge in [-0.2, -0.15) is 10.2 Å². The number of thioether (sulfide) groups is 1. The van der Waals surface area contributed by atoms with Gasteiger partial charge in [-0.15, -0.1) is 0 Å². The maximum Gasteiger partial charge on any atom is 0.258 e. The summed E-state index contributed by atoms with van der Waals surface area (Å²) in [4.78, 5) is 23.3. The van der Waals surface area contributed by atoms with Gasteiger partial charge in [-0.3, -0.25) is 9.78 Å². The molecule has 7 heteroatoms. The summed E-state index contributed by atoms with van der Waals surface area (Å²) in [5, 5.41) is 9.41. The van der Waals surface area contributed by atoms with E-state index in [-0.39, 0.29) is 12.0 Å². The van der Waals surface area contributed by atoms with Crippen molar-refractivity contribution >= 4 is 11.8 Å². The van der Waals surface area contributed by atoms with E-state index < -0.39 is 0 Å². The number of fused-ring (bicyclic) bond motifs is 1. The second-order valence-corrected chi connectivity index (χ2v) is 5.89. The maximum absolute atomic E-state index is 11.9. The number of hydrogen-bond acceptors (Lipinski definition) is 6. The van der Waals surface area contributed by atoms with Crippen LogP contribution in [-0.2, 0) is 18.6 Å². The number of H-pyrrole nitrogens is 1. The number of aromatic nitrogens is 3. The van der Waals surface area contributed by atoms with Gasteiger partial charge in [-0.05, 0) is 24.1 Å². The van der Waals surface area contributed by atoms with Crippen molar-refractivity contribution in [2.45, 2.75) is 30.7 Å². The zero-order chi connectivity index (χ0) is 15.5. The highest BCUT2D eigenvalue weighted by Gasteiger charge is 2.19. The zero-order valence-electron chi connectivity index (χ0n) is 12.0. The molecule has 0 saturated heterocycles. The normalized spacial score (nSPS) is 12.5. The van der Waals surface area contributed by atoms with E-state index in [2.05, 4.69) is 21.0 Å². The van der Waals surface area contributed by atoms with E-state index in [4.69, 9.17) is 10.00 Å². The first-order valence-corrected chi connectivity index (χ1v) is 7.86. The molecule has 0 bridgehead atoms. The molecule has 0 fully saturated rings. The van der Waals surface area contributed by atoms with Gasteiger partial charge in [0.15, 0.2) is 5.16 Å². The van der Waals surface area contributed by atoms with Crippen LogP contribution in [0.4, 0.5) is 0 Å². The number of rotatable bonds is 4. The van der Waals surface area contributed by atoms with Crippen molar-refractivity contribution in [3.8, 4) is 11.9 Å². The Labute approximate surface area is 131 Å². The molecule has 1 aliphatic heterocycles. The van der Waals surface area contributed by atoms with Crippen molar-refractivity contribution in [2.24, 2.45) is 0 Å². The van der Waals surface area contributed by atoms with E-state index in [1.54, 1.807) is 6.20 Å². The Morgan fingerprint density at radius 2 is 2.41 bits per heavy atom. The third kappa shape index (κ3) is 2.83. The number of pyridine rings is 1. The van der Waals surface area contributed by atoms with Crippen LogP contribution >= 0.6 is 11.8 Å². The highest BCUT2D eigenvalue weighted by Crippen LogP contribution is 2.26. The van der Waals surface area contributed by atoms with Crippen LogP contribution in [-0.4, -0.2) is 21.6 Å². The Morgan fingerprint density at radius 1 is 1.55 bits per heavy atom. The predicted molar refractivity (Wildman–Crippen MR) is 81.9 cm³/mol. The van der Waals surface area contributed by atoms with Crippen LogP contribution in [0.5, 0.6) is 5.88 Å². The SMILES string of the molecule is Cc1ccnc(CC#N)c1CSc1nc2c(c(=O)[nH]1)CCO2. The minimum absolute atomic E-state index is 0.134. The van der Waals surface area contributed by atoms with E-state index >= 15 is 0 Å². The van der Waals surface area contributed by atoms with Gasteiger partial charge in [0.25, 0.3) is 5.56 Å². The van der Waals surface area contributed by atoms with Crippen LogP contribution in [0.25, 0.3) is 0 Å². The fourth-order valence-corrected chi connectivity index (χ4v) is 3.31. The fourth-order valence-electron chi connectivity index (χ4n) is 2.33. The molecule has 3 heterocycles. The predicted octanol–water partition coefficient (Wildman–Crippen LogP) is 1.77. The summed E-state index contributed by atoms with van der Waals surface area (Å²) in [7, 11) is 0. The second-order valence-electron chi connectivity index (χ2n) is 4.93. The Hall–Kier alpha value is -2.33. The first kappa shape index (κ1) is 14.6. The second kappa shape index (κ2) is 6.20. The number of aryl methyl sites for hydroxylation is 1. The number of nitrogens with one attached hydrogen (secondary N) is 1. The molecule has 0 aliphatic carbocycles. The summed E-state index contributed by atoms with van der Waals surface area (Å²) < 4.78 is 5.36. The molecule has 3 rings (SSSR count). The molecule has 6 nitrogen and oxygen atoms in total. The first-order valence-electron chi connectivity index (χ1n) is 6.88. The van der Waals surface area contributed by atoms with Gasteiger partial charge >= 0.3 is 0 Å². The summed E-state index contributed by atoms with van der Waals surface area (Å²) >= 11 is 1.41. The highest BCUT2D eigenvalue weighted by molar-refractivity contribution is 7.98. The molecule has 1 N–H and O–H groups in total. The third-order valence-electron chi connectivity index (χ3n) is 3.53.